The third-order valence-electron chi connectivity index (χ3n) is 4.88. The Labute approximate surface area is 186 Å². The first-order chi connectivity index (χ1) is 15.5. The molecule has 3 aromatic rings. The van der Waals surface area contributed by atoms with Gasteiger partial charge >= 0.3 is 5.97 Å². The number of oxime groups is 1. The number of aromatic nitrogens is 2. The predicted octanol–water partition coefficient (Wildman–Crippen LogP) is 4.67. The molecule has 0 bridgehead atoms. The fourth-order valence-electron chi connectivity index (χ4n) is 3.11. The summed E-state index contributed by atoms with van der Waals surface area (Å²) in [7, 11) is 0. The number of rotatable bonds is 11. The maximum atomic E-state index is 11.7. The van der Waals surface area contributed by atoms with Gasteiger partial charge in [-0.2, -0.15) is 4.98 Å². The molecular weight excluding hydrogens is 410 g/mol. The number of benzene rings is 2. The Hall–Kier alpha value is -3.68. The highest BCUT2D eigenvalue weighted by molar-refractivity contribution is 6.01. The third-order valence-corrected chi connectivity index (χ3v) is 4.88. The summed E-state index contributed by atoms with van der Waals surface area (Å²) < 4.78 is 11.0. The smallest absolute Gasteiger partial charge is 0.312 e. The minimum absolute atomic E-state index is 0.136. The zero-order valence-corrected chi connectivity index (χ0v) is 18.4. The van der Waals surface area contributed by atoms with Gasteiger partial charge in [-0.05, 0) is 44.4 Å². The molecule has 0 saturated heterocycles. The minimum Gasteiger partial charge on any atom is -0.484 e. The van der Waals surface area contributed by atoms with E-state index in [-0.39, 0.29) is 6.61 Å². The van der Waals surface area contributed by atoms with Crippen LogP contribution in [-0.2, 0) is 22.7 Å². The van der Waals surface area contributed by atoms with E-state index in [0.29, 0.717) is 42.6 Å². The lowest BCUT2D eigenvalue weighted by atomic mass is 9.93. The van der Waals surface area contributed by atoms with Crippen LogP contribution < -0.4 is 4.74 Å². The van der Waals surface area contributed by atoms with Crippen molar-refractivity contribution in [1.29, 1.82) is 0 Å². The molecule has 3 rings (SSSR count). The number of nitrogens with zero attached hydrogens (tertiary/aromatic N) is 3. The monoisotopic (exact) mass is 437 g/mol. The highest BCUT2D eigenvalue weighted by Gasteiger charge is 2.24. The van der Waals surface area contributed by atoms with E-state index in [4.69, 9.17) is 14.1 Å². The second-order valence-corrected chi connectivity index (χ2v) is 7.26. The van der Waals surface area contributed by atoms with Crippen LogP contribution in [0, 0.1) is 12.8 Å². The van der Waals surface area contributed by atoms with Crippen LogP contribution in [0.5, 0.6) is 5.75 Å². The molecule has 8 nitrogen and oxygen atoms in total. The number of carboxylic acid groups (broad SMARTS) is 1. The molecule has 0 fully saturated rings. The van der Waals surface area contributed by atoms with E-state index in [0.717, 1.165) is 16.7 Å². The second kappa shape index (κ2) is 11.1. The van der Waals surface area contributed by atoms with Gasteiger partial charge in [0.1, 0.15) is 18.3 Å². The molecule has 0 radical (unpaired) electrons. The third kappa shape index (κ3) is 6.16. The van der Waals surface area contributed by atoms with Crippen molar-refractivity contribution < 1.29 is 24.0 Å². The maximum Gasteiger partial charge on any atom is 0.312 e. The number of carbonyl (C=O) groups is 1. The van der Waals surface area contributed by atoms with Crippen molar-refractivity contribution in [2.75, 3.05) is 6.61 Å². The van der Waals surface area contributed by atoms with E-state index in [2.05, 4.69) is 15.3 Å². The Kier molecular flexibility index (Phi) is 7.96. The van der Waals surface area contributed by atoms with Crippen LogP contribution in [0.1, 0.15) is 37.3 Å². The molecule has 1 atom stereocenters. The number of aliphatic carboxylic acids is 1. The first kappa shape index (κ1) is 23.0. The highest BCUT2D eigenvalue weighted by atomic mass is 16.6. The first-order valence-electron chi connectivity index (χ1n) is 10.5. The topological polar surface area (TPSA) is 107 Å². The van der Waals surface area contributed by atoms with Gasteiger partial charge in [-0.15, -0.1) is 0 Å². The molecule has 32 heavy (non-hydrogen) atoms. The van der Waals surface area contributed by atoms with Gasteiger partial charge in [-0.25, -0.2) is 0 Å². The van der Waals surface area contributed by atoms with Crippen molar-refractivity contribution in [1.82, 2.24) is 10.1 Å². The van der Waals surface area contributed by atoms with E-state index in [1.54, 1.807) is 12.1 Å². The average Bonchev–Trinajstić information content (AvgIpc) is 3.27. The van der Waals surface area contributed by atoms with Gasteiger partial charge in [0.15, 0.2) is 6.61 Å². The number of aryl methyl sites for hydroxylation is 1. The second-order valence-electron chi connectivity index (χ2n) is 7.26. The Balaban J connectivity index is 1.60. The molecular formula is C24H27N3O5. The summed E-state index contributed by atoms with van der Waals surface area (Å²) in [6, 6.07) is 15.1. The molecule has 0 amide bonds. The summed E-state index contributed by atoms with van der Waals surface area (Å²) in [4.78, 5) is 21.2. The fourth-order valence-corrected chi connectivity index (χ4v) is 3.11. The van der Waals surface area contributed by atoms with Crippen molar-refractivity contribution in [3.8, 4) is 17.1 Å². The predicted molar refractivity (Wildman–Crippen MR) is 119 cm³/mol. The standard InChI is InChI=1S/C24H27N3O5/c1-4-21(26-31-5-2)20(24(28)29)14-17-8-12-19(13-9-17)30-15-22-25-23(27-32-22)18-10-6-16(3)7-11-18/h6-13,20H,4-5,14-15H2,1-3H3,(H,28,29). The molecule has 1 unspecified atom stereocenters. The van der Waals surface area contributed by atoms with E-state index in [1.807, 2.05) is 57.2 Å². The Morgan fingerprint density at radius 2 is 1.84 bits per heavy atom. The zero-order valence-electron chi connectivity index (χ0n) is 18.4. The van der Waals surface area contributed by atoms with Crippen LogP contribution >= 0.6 is 0 Å². The lowest BCUT2D eigenvalue weighted by Crippen LogP contribution is -2.26. The van der Waals surface area contributed by atoms with Gasteiger partial charge in [-0.1, -0.05) is 59.2 Å². The molecule has 168 valence electrons. The van der Waals surface area contributed by atoms with Crippen LogP contribution in [0.2, 0.25) is 0 Å². The van der Waals surface area contributed by atoms with Crippen LogP contribution in [0.3, 0.4) is 0 Å². The summed E-state index contributed by atoms with van der Waals surface area (Å²) in [5.74, 6) is -0.160. The highest BCUT2D eigenvalue weighted by Crippen LogP contribution is 2.20. The molecule has 1 N–H and O–H groups in total. The van der Waals surface area contributed by atoms with E-state index >= 15 is 0 Å². The van der Waals surface area contributed by atoms with Gasteiger partial charge in [0.05, 0.1) is 5.71 Å². The quantitative estimate of drug-likeness (QED) is 0.343. The molecule has 1 heterocycles. The van der Waals surface area contributed by atoms with Crippen molar-refractivity contribution in [3.63, 3.8) is 0 Å². The molecule has 8 heteroatoms. The van der Waals surface area contributed by atoms with Crippen molar-refractivity contribution in [2.24, 2.45) is 11.1 Å². The summed E-state index contributed by atoms with van der Waals surface area (Å²) in [5.41, 5.74) is 3.41. The van der Waals surface area contributed by atoms with E-state index in [9.17, 15) is 9.90 Å². The lowest BCUT2D eigenvalue weighted by molar-refractivity contribution is -0.139. The number of hydrogen-bond acceptors (Lipinski definition) is 7. The van der Waals surface area contributed by atoms with Crippen molar-refractivity contribution in [2.45, 2.75) is 40.2 Å². The molecule has 1 aromatic heterocycles. The molecule has 0 saturated carbocycles. The van der Waals surface area contributed by atoms with Gasteiger partial charge in [-0.3, -0.25) is 4.79 Å². The molecule has 0 aliphatic heterocycles. The number of hydrogen-bond donors (Lipinski definition) is 1. The largest absolute Gasteiger partial charge is 0.484 e. The van der Waals surface area contributed by atoms with Crippen LogP contribution in [0.15, 0.2) is 58.2 Å². The summed E-state index contributed by atoms with van der Waals surface area (Å²) in [6.45, 7) is 6.23. The maximum absolute atomic E-state index is 11.7. The molecule has 0 spiro atoms. The lowest BCUT2D eigenvalue weighted by Gasteiger charge is -2.14. The van der Waals surface area contributed by atoms with E-state index < -0.39 is 11.9 Å². The number of ether oxygens (including phenoxy) is 1. The Morgan fingerprint density at radius 3 is 2.47 bits per heavy atom. The van der Waals surface area contributed by atoms with Gasteiger partial charge in [0, 0.05) is 5.56 Å². The average molecular weight is 437 g/mol. The zero-order chi connectivity index (χ0) is 22.9. The van der Waals surface area contributed by atoms with E-state index in [1.165, 1.54) is 0 Å². The normalized spacial score (nSPS) is 12.4. The summed E-state index contributed by atoms with van der Waals surface area (Å²) >= 11 is 0. The van der Waals surface area contributed by atoms with Crippen molar-refractivity contribution in [3.05, 3.63) is 65.5 Å². The minimum atomic E-state index is -0.925. The SMILES string of the molecule is CCON=C(CC)C(Cc1ccc(OCc2nc(-c3ccc(C)cc3)no2)cc1)C(=O)O. The Bertz CT molecular complexity index is 1040. The van der Waals surface area contributed by atoms with Crippen molar-refractivity contribution >= 4 is 11.7 Å². The Morgan fingerprint density at radius 1 is 1.12 bits per heavy atom. The molecule has 2 aromatic carbocycles. The van der Waals surface area contributed by atoms with Gasteiger partial charge in [0.2, 0.25) is 5.82 Å². The van der Waals surface area contributed by atoms with Crippen LogP contribution in [0.4, 0.5) is 0 Å². The summed E-state index contributed by atoms with van der Waals surface area (Å²) in [6.07, 6.45) is 0.825. The van der Waals surface area contributed by atoms with Crippen LogP contribution in [0.25, 0.3) is 11.4 Å². The van der Waals surface area contributed by atoms with Crippen LogP contribution in [-0.4, -0.2) is 33.5 Å². The fraction of sp³-hybridized carbons (Fsp3) is 0.333. The molecule has 0 aliphatic rings. The summed E-state index contributed by atoms with van der Waals surface area (Å²) in [5, 5.41) is 17.6. The van der Waals surface area contributed by atoms with Gasteiger partial charge < -0.3 is 19.2 Å². The molecule has 0 aliphatic carbocycles. The number of carboxylic acids is 1. The van der Waals surface area contributed by atoms with Gasteiger partial charge in [0.25, 0.3) is 5.89 Å². The first-order valence-corrected chi connectivity index (χ1v) is 10.5.